The average Bonchev–Trinajstić information content (AvgIpc) is 2.71. The van der Waals surface area contributed by atoms with Gasteiger partial charge in [0.2, 0.25) is 5.91 Å². The number of amides is 2. The first kappa shape index (κ1) is 19.9. The van der Waals surface area contributed by atoms with Gasteiger partial charge in [-0.25, -0.2) is 0 Å². The third-order valence-corrected chi connectivity index (χ3v) is 5.42. The normalized spacial score (nSPS) is 14.4. The highest BCUT2D eigenvalue weighted by Crippen LogP contribution is 2.19. The molecule has 2 aromatic rings. The molecule has 1 aliphatic rings. The zero-order valence-corrected chi connectivity index (χ0v) is 16.7. The van der Waals surface area contributed by atoms with Gasteiger partial charge in [-0.1, -0.05) is 31.4 Å². The predicted molar refractivity (Wildman–Crippen MR) is 114 cm³/mol. The molecule has 1 fully saturated rings. The highest BCUT2D eigenvalue weighted by atomic mass is 16.2. The molecule has 1 saturated carbocycles. The summed E-state index contributed by atoms with van der Waals surface area (Å²) in [5.74, 6) is -0.126. The Morgan fingerprint density at radius 3 is 2.39 bits per heavy atom. The molecular formula is C23H29N3O2. The number of benzene rings is 2. The lowest BCUT2D eigenvalue weighted by Gasteiger charge is -2.22. The summed E-state index contributed by atoms with van der Waals surface area (Å²) >= 11 is 0. The Morgan fingerprint density at radius 1 is 0.964 bits per heavy atom. The first-order valence-electron chi connectivity index (χ1n) is 10.0. The molecule has 5 nitrogen and oxygen atoms in total. The van der Waals surface area contributed by atoms with E-state index in [9.17, 15) is 9.59 Å². The molecule has 0 aliphatic heterocycles. The smallest absolute Gasteiger partial charge is 0.251 e. The van der Waals surface area contributed by atoms with Crippen LogP contribution in [0.25, 0.3) is 0 Å². The number of hydrogen-bond acceptors (Lipinski definition) is 3. The third-order valence-electron chi connectivity index (χ3n) is 5.42. The van der Waals surface area contributed by atoms with Crippen LogP contribution in [0.2, 0.25) is 0 Å². The van der Waals surface area contributed by atoms with E-state index in [0.29, 0.717) is 11.6 Å². The van der Waals surface area contributed by atoms with Crippen molar-refractivity contribution in [2.75, 3.05) is 17.2 Å². The summed E-state index contributed by atoms with van der Waals surface area (Å²) in [6.45, 7) is 4.19. The van der Waals surface area contributed by atoms with Crippen LogP contribution in [0.15, 0.2) is 42.5 Å². The molecule has 0 bridgehead atoms. The average molecular weight is 380 g/mol. The first-order chi connectivity index (χ1) is 13.5. The minimum absolute atomic E-state index is 0.0221. The van der Waals surface area contributed by atoms with Crippen molar-refractivity contribution in [3.63, 3.8) is 0 Å². The lowest BCUT2D eigenvalue weighted by molar-refractivity contribution is -0.114. The fourth-order valence-corrected chi connectivity index (χ4v) is 3.52. The van der Waals surface area contributed by atoms with Crippen LogP contribution in [0.1, 0.15) is 53.6 Å². The highest BCUT2D eigenvalue weighted by Gasteiger charge is 2.16. The van der Waals surface area contributed by atoms with Gasteiger partial charge in [-0.15, -0.1) is 0 Å². The van der Waals surface area contributed by atoms with Crippen molar-refractivity contribution >= 4 is 23.2 Å². The maximum absolute atomic E-state index is 12.4. The number of hydrogen-bond donors (Lipinski definition) is 3. The summed E-state index contributed by atoms with van der Waals surface area (Å²) in [7, 11) is 0. The third kappa shape index (κ3) is 5.35. The van der Waals surface area contributed by atoms with Crippen molar-refractivity contribution in [2.45, 2.75) is 52.0 Å². The van der Waals surface area contributed by atoms with Gasteiger partial charge in [0, 0.05) is 23.0 Å². The Hall–Kier alpha value is -2.82. The summed E-state index contributed by atoms with van der Waals surface area (Å²) in [6.07, 6.45) is 5.79. The van der Waals surface area contributed by atoms with Gasteiger partial charge in [-0.2, -0.15) is 0 Å². The van der Waals surface area contributed by atoms with Crippen molar-refractivity contribution in [3.8, 4) is 0 Å². The molecule has 2 aromatic carbocycles. The van der Waals surface area contributed by atoms with Crippen LogP contribution in [0.4, 0.5) is 11.4 Å². The van der Waals surface area contributed by atoms with Crippen molar-refractivity contribution in [1.29, 1.82) is 0 Å². The summed E-state index contributed by atoms with van der Waals surface area (Å²) < 4.78 is 0. The molecule has 0 atom stereocenters. The molecule has 0 saturated heterocycles. The molecule has 3 N–H and O–H groups in total. The molecule has 0 spiro atoms. The maximum atomic E-state index is 12.4. The van der Waals surface area contributed by atoms with Crippen LogP contribution in [0.3, 0.4) is 0 Å². The monoisotopic (exact) mass is 379 g/mol. The van der Waals surface area contributed by atoms with E-state index in [1.807, 2.05) is 44.2 Å². The van der Waals surface area contributed by atoms with Crippen molar-refractivity contribution in [1.82, 2.24) is 5.32 Å². The molecule has 0 aromatic heterocycles. The summed E-state index contributed by atoms with van der Waals surface area (Å²) in [5, 5.41) is 9.15. The van der Waals surface area contributed by atoms with E-state index in [1.165, 1.54) is 19.3 Å². The van der Waals surface area contributed by atoms with Gasteiger partial charge in [-0.05, 0) is 68.1 Å². The molecule has 2 amide bonds. The summed E-state index contributed by atoms with van der Waals surface area (Å²) in [5.41, 5.74) is 4.51. The van der Waals surface area contributed by atoms with E-state index in [-0.39, 0.29) is 18.4 Å². The van der Waals surface area contributed by atoms with Gasteiger partial charge >= 0.3 is 0 Å². The van der Waals surface area contributed by atoms with Crippen molar-refractivity contribution in [2.24, 2.45) is 0 Å². The Labute approximate surface area is 166 Å². The van der Waals surface area contributed by atoms with Gasteiger partial charge in [0.05, 0.1) is 6.54 Å². The Kier molecular flexibility index (Phi) is 6.69. The predicted octanol–water partition coefficient (Wildman–Crippen LogP) is 4.42. The van der Waals surface area contributed by atoms with Crippen LogP contribution >= 0.6 is 0 Å². The zero-order chi connectivity index (χ0) is 19.9. The highest BCUT2D eigenvalue weighted by molar-refractivity contribution is 5.96. The Bertz CT molecular complexity index is 824. The fourth-order valence-electron chi connectivity index (χ4n) is 3.52. The molecule has 0 radical (unpaired) electrons. The van der Waals surface area contributed by atoms with Crippen molar-refractivity contribution in [3.05, 3.63) is 59.2 Å². The molecule has 28 heavy (non-hydrogen) atoms. The van der Waals surface area contributed by atoms with Gasteiger partial charge in [0.1, 0.15) is 0 Å². The van der Waals surface area contributed by atoms with Crippen LogP contribution in [-0.4, -0.2) is 24.4 Å². The number of rotatable bonds is 6. The standard InChI is InChI=1S/C23H29N3O2/c1-16-7-6-10-21(17(16)2)26-22(27)15-24-19-13-11-18(12-14-19)23(28)25-20-8-4-3-5-9-20/h6-7,10-14,20,24H,3-5,8-9,15H2,1-2H3,(H,25,28)(H,26,27). The molecule has 3 rings (SSSR count). The minimum atomic E-state index is -0.104. The van der Waals surface area contributed by atoms with E-state index >= 15 is 0 Å². The van der Waals surface area contributed by atoms with E-state index in [0.717, 1.165) is 35.3 Å². The van der Waals surface area contributed by atoms with Crippen LogP contribution < -0.4 is 16.0 Å². The van der Waals surface area contributed by atoms with Gasteiger partial charge < -0.3 is 16.0 Å². The summed E-state index contributed by atoms with van der Waals surface area (Å²) in [4.78, 5) is 24.6. The number of carbonyl (C=O) groups excluding carboxylic acids is 2. The molecule has 0 unspecified atom stereocenters. The van der Waals surface area contributed by atoms with Crippen LogP contribution in [0.5, 0.6) is 0 Å². The minimum Gasteiger partial charge on any atom is -0.376 e. The Morgan fingerprint density at radius 2 is 1.68 bits per heavy atom. The van der Waals surface area contributed by atoms with Gasteiger partial charge in [0.15, 0.2) is 0 Å². The molecule has 1 aliphatic carbocycles. The molecule has 148 valence electrons. The number of aryl methyl sites for hydroxylation is 1. The number of nitrogens with one attached hydrogen (secondary N) is 3. The fraction of sp³-hybridized carbons (Fsp3) is 0.391. The van der Waals surface area contributed by atoms with Crippen LogP contribution in [-0.2, 0) is 4.79 Å². The first-order valence-corrected chi connectivity index (χ1v) is 10.0. The Balaban J connectivity index is 1.49. The number of anilines is 2. The molecule has 5 heteroatoms. The topological polar surface area (TPSA) is 70.2 Å². The van der Waals surface area contributed by atoms with Gasteiger partial charge in [-0.3, -0.25) is 9.59 Å². The lowest BCUT2D eigenvalue weighted by atomic mass is 9.95. The van der Waals surface area contributed by atoms with Crippen LogP contribution in [0, 0.1) is 13.8 Å². The summed E-state index contributed by atoms with van der Waals surface area (Å²) in [6, 6.07) is 13.4. The largest absolute Gasteiger partial charge is 0.376 e. The maximum Gasteiger partial charge on any atom is 0.251 e. The second-order valence-electron chi connectivity index (χ2n) is 7.53. The van der Waals surface area contributed by atoms with Crippen molar-refractivity contribution < 1.29 is 9.59 Å². The van der Waals surface area contributed by atoms with E-state index in [1.54, 1.807) is 12.1 Å². The molecular weight excluding hydrogens is 350 g/mol. The van der Waals surface area contributed by atoms with E-state index < -0.39 is 0 Å². The second kappa shape index (κ2) is 9.40. The number of carbonyl (C=O) groups is 2. The molecule has 0 heterocycles. The second-order valence-corrected chi connectivity index (χ2v) is 7.53. The van der Waals surface area contributed by atoms with Gasteiger partial charge in [0.25, 0.3) is 5.91 Å². The van der Waals surface area contributed by atoms with E-state index in [4.69, 9.17) is 0 Å². The quantitative estimate of drug-likeness (QED) is 0.696. The van der Waals surface area contributed by atoms with E-state index in [2.05, 4.69) is 16.0 Å². The lowest BCUT2D eigenvalue weighted by Crippen LogP contribution is -2.36. The SMILES string of the molecule is Cc1cccc(NC(=O)CNc2ccc(C(=O)NC3CCCCC3)cc2)c1C. The zero-order valence-electron chi connectivity index (χ0n) is 16.7.